The Labute approximate surface area is 115 Å². The topological polar surface area (TPSA) is 43.4 Å². The summed E-state index contributed by atoms with van der Waals surface area (Å²) < 4.78 is 11.6. The molecule has 3 unspecified atom stereocenters. The maximum Gasteiger partial charge on any atom is 0.138 e. The van der Waals surface area contributed by atoms with E-state index in [2.05, 4.69) is 23.3 Å². The highest BCUT2D eigenvalue weighted by atomic mass is 16.5. The van der Waals surface area contributed by atoms with E-state index in [1.165, 1.54) is 0 Å². The standard InChI is InChI=1S/C15H24N2O2/c1-10(2)19-13-7-12(8-17-9-13)14(16-4)15-11(3)5-6-18-15/h7-11,14-16H,5-6H2,1-4H3. The average molecular weight is 264 g/mol. The van der Waals surface area contributed by atoms with Crippen LogP contribution in [0.1, 0.15) is 38.8 Å². The van der Waals surface area contributed by atoms with Crippen LogP contribution in [0, 0.1) is 5.92 Å². The fraction of sp³-hybridized carbons (Fsp3) is 0.667. The van der Waals surface area contributed by atoms with Gasteiger partial charge in [0.1, 0.15) is 5.75 Å². The number of nitrogens with zero attached hydrogens (tertiary/aromatic N) is 1. The summed E-state index contributed by atoms with van der Waals surface area (Å²) in [7, 11) is 1.97. The number of likely N-dealkylation sites (N-methyl/N-ethyl adjacent to an activating group) is 1. The highest BCUT2D eigenvalue weighted by molar-refractivity contribution is 5.27. The van der Waals surface area contributed by atoms with Crippen molar-refractivity contribution in [3.63, 3.8) is 0 Å². The second-order valence-electron chi connectivity index (χ2n) is 5.49. The predicted molar refractivity (Wildman–Crippen MR) is 75.3 cm³/mol. The van der Waals surface area contributed by atoms with Crippen molar-refractivity contribution in [2.24, 2.45) is 5.92 Å². The van der Waals surface area contributed by atoms with Crippen molar-refractivity contribution >= 4 is 0 Å². The highest BCUT2D eigenvalue weighted by Gasteiger charge is 2.32. The molecule has 106 valence electrons. The molecule has 1 aromatic rings. The summed E-state index contributed by atoms with van der Waals surface area (Å²) in [6.07, 6.45) is 5.14. The first-order valence-corrected chi connectivity index (χ1v) is 7.02. The molecule has 1 aliphatic rings. The molecular weight excluding hydrogens is 240 g/mol. The molecule has 0 saturated carbocycles. The van der Waals surface area contributed by atoms with Gasteiger partial charge in [-0.05, 0) is 44.9 Å². The van der Waals surface area contributed by atoms with Crippen LogP contribution in [0.25, 0.3) is 0 Å². The van der Waals surface area contributed by atoms with Crippen LogP contribution in [0.5, 0.6) is 5.75 Å². The molecule has 1 aromatic heterocycles. The number of pyridine rings is 1. The Bertz CT molecular complexity index is 409. The molecular formula is C15H24N2O2. The van der Waals surface area contributed by atoms with E-state index in [0.29, 0.717) is 5.92 Å². The number of hydrogen-bond donors (Lipinski definition) is 1. The Balaban J connectivity index is 2.18. The fourth-order valence-corrected chi connectivity index (χ4v) is 2.61. The van der Waals surface area contributed by atoms with Crippen LogP contribution >= 0.6 is 0 Å². The van der Waals surface area contributed by atoms with Gasteiger partial charge in [-0.2, -0.15) is 0 Å². The zero-order valence-corrected chi connectivity index (χ0v) is 12.2. The van der Waals surface area contributed by atoms with Gasteiger partial charge in [0.25, 0.3) is 0 Å². The fourth-order valence-electron chi connectivity index (χ4n) is 2.61. The Morgan fingerprint density at radius 2 is 2.21 bits per heavy atom. The number of aromatic nitrogens is 1. The Morgan fingerprint density at radius 3 is 2.79 bits per heavy atom. The van der Waals surface area contributed by atoms with Crippen LogP contribution in [0.4, 0.5) is 0 Å². The number of nitrogens with one attached hydrogen (secondary N) is 1. The third kappa shape index (κ3) is 3.45. The maximum absolute atomic E-state index is 5.86. The lowest BCUT2D eigenvalue weighted by Crippen LogP contribution is -2.32. The lowest BCUT2D eigenvalue weighted by atomic mass is 9.93. The van der Waals surface area contributed by atoms with E-state index in [1.807, 2.05) is 27.1 Å². The van der Waals surface area contributed by atoms with E-state index < -0.39 is 0 Å². The van der Waals surface area contributed by atoms with Gasteiger partial charge in [-0.25, -0.2) is 0 Å². The lowest BCUT2D eigenvalue weighted by molar-refractivity contribution is 0.0629. The molecule has 0 spiro atoms. The molecule has 0 radical (unpaired) electrons. The molecule has 1 saturated heterocycles. The molecule has 0 bridgehead atoms. The van der Waals surface area contributed by atoms with Gasteiger partial charge in [0.15, 0.2) is 0 Å². The van der Waals surface area contributed by atoms with Crippen LogP contribution < -0.4 is 10.1 Å². The molecule has 1 fully saturated rings. The summed E-state index contributed by atoms with van der Waals surface area (Å²) in [5.41, 5.74) is 1.12. The van der Waals surface area contributed by atoms with Gasteiger partial charge in [0, 0.05) is 12.8 Å². The minimum absolute atomic E-state index is 0.159. The predicted octanol–water partition coefficient (Wildman–Crippen LogP) is 2.55. The number of rotatable bonds is 5. The van der Waals surface area contributed by atoms with Crippen molar-refractivity contribution in [3.05, 3.63) is 24.0 Å². The second kappa shape index (κ2) is 6.35. The molecule has 0 aromatic carbocycles. The second-order valence-corrected chi connectivity index (χ2v) is 5.49. The Hall–Kier alpha value is -1.13. The molecule has 1 aliphatic heterocycles. The van der Waals surface area contributed by atoms with Crippen LogP contribution in [0.15, 0.2) is 18.5 Å². The lowest BCUT2D eigenvalue weighted by Gasteiger charge is -2.26. The van der Waals surface area contributed by atoms with E-state index in [9.17, 15) is 0 Å². The van der Waals surface area contributed by atoms with Gasteiger partial charge >= 0.3 is 0 Å². The van der Waals surface area contributed by atoms with Crippen molar-refractivity contribution in [1.82, 2.24) is 10.3 Å². The van der Waals surface area contributed by atoms with Gasteiger partial charge in [0.05, 0.1) is 24.4 Å². The maximum atomic E-state index is 5.86. The van der Waals surface area contributed by atoms with Crippen molar-refractivity contribution in [2.75, 3.05) is 13.7 Å². The first-order valence-electron chi connectivity index (χ1n) is 7.02. The average Bonchev–Trinajstić information content (AvgIpc) is 2.77. The van der Waals surface area contributed by atoms with Crippen molar-refractivity contribution in [2.45, 2.75) is 45.4 Å². The Kier molecular flexibility index (Phi) is 4.77. The summed E-state index contributed by atoms with van der Waals surface area (Å²) >= 11 is 0. The van der Waals surface area contributed by atoms with Crippen LogP contribution in [0.3, 0.4) is 0 Å². The third-order valence-electron chi connectivity index (χ3n) is 3.55. The molecule has 2 rings (SSSR count). The largest absolute Gasteiger partial charge is 0.489 e. The molecule has 3 atom stereocenters. The first-order chi connectivity index (χ1) is 9.11. The van der Waals surface area contributed by atoms with Gasteiger partial charge in [0.2, 0.25) is 0 Å². The summed E-state index contributed by atoms with van der Waals surface area (Å²) in [5.74, 6) is 1.38. The first kappa shape index (κ1) is 14.3. The van der Waals surface area contributed by atoms with E-state index in [4.69, 9.17) is 9.47 Å². The van der Waals surface area contributed by atoms with Crippen molar-refractivity contribution in [3.8, 4) is 5.75 Å². The van der Waals surface area contributed by atoms with Gasteiger partial charge in [-0.1, -0.05) is 6.92 Å². The quantitative estimate of drug-likeness (QED) is 0.887. The number of ether oxygens (including phenoxy) is 2. The SMILES string of the molecule is CNC(c1cncc(OC(C)C)c1)C1OCCC1C. The monoisotopic (exact) mass is 264 g/mol. The molecule has 0 amide bonds. The highest BCUT2D eigenvalue weighted by Crippen LogP contribution is 2.31. The summed E-state index contributed by atoms with van der Waals surface area (Å²) in [4.78, 5) is 4.28. The zero-order valence-electron chi connectivity index (χ0n) is 12.2. The summed E-state index contributed by atoms with van der Waals surface area (Å²) in [6.45, 7) is 7.12. The normalized spacial score (nSPS) is 24.7. The van der Waals surface area contributed by atoms with Crippen molar-refractivity contribution in [1.29, 1.82) is 0 Å². The zero-order chi connectivity index (χ0) is 13.8. The van der Waals surface area contributed by atoms with Crippen molar-refractivity contribution < 1.29 is 9.47 Å². The third-order valence-corrected chi connectivity index (χ3v) is 3.55. The summed E-state index contributed by atoms with van der Waals surface area (Å²) in [5, 5.41) is 3.35. The van der Waals surface area contributed by atoms with Crippen LogP contribution in [-0.2, 0) is 4.74 Å². The van der Waals surface area contributed by atoms with E-state index in [1.54, 1.807) is 6.20 Å². The Morgan fingerprint density at radius 1 is 1.42 bits per heavy atom. The van der Waals surface area contributed by atoms with E-state index in [0.717, 1.165) is 24.3 Å². The molecule has 1 N–H and O–H groups in total. The molecule has 0 aliphatic carbocycles. The minimum Gasteiger partial charge on any atom is -0.489 e. The van der Waals surface area contributed by atoms with E-state index >= 15 is 0 Å². The molecule has 19 heavy (non-hydrogen) atoms. The van der Waals surface area contributed by atoms with Gasteiger partial charge in [-0.15, -0.1) is 0 Å². The summed E-state index contributed by atoms with van der Waals surface area (Å²) in [6, 6.07) is 2.23. The van der Waals surface area contributed by atoms with Crippen LogP contribution in [-0.4, -0.2) is 30.8 Å². The molecule has 2 heterocycles. The molecule has 4 heteroatoms. The minimum atomic E-state index is 0.159. The number of hydrogen-bond acceptors (Lipinski definition) is 4. The molecule has 4 nitrogen and oxygen atoms in total. The van der Waals surface area contributed by atoms with Crippen LogP contribution in [0.2, 0.25) is 0 Å². The van der Waals surface area contributed by atoms with Gasteiger partial charge in [-0.3, -0.25) is 4.98 Å². The smallest absolute Gasteiger partial charge is 0.138 e. The van der Waals surface area contributed by atoms with Gasteiger partial charge < -0.3 is 14.8 Å². The van der Waals surface area contributed by atoms with E-state index in [-0.39, 0.29) is 18.2 Å².